The minimum absolute atomic E-state index is 0.154. The third kappa shape index (κ3) is 3.79. The monoisotopic (exact) mass is 304 g/mol. The van der Waals surface area contributed by atoms with Crippen molar-refractivity contribution in [3.8, 4) is 0 Å². The van der Waals surface area contributed by atoms with Crippen molar-refractivity contribution in [2.75, 3.05) is 19.8 Å². The number of carbonyl (C=O) groups excluding carboxylic acids is 1. The van der Waals surface area contributed by atoms with E-state index < -0.39 is 5.60 Å². The van der Waals surface area contributed by atoms with E-state index in [-0.39, 0.29) is 22.6 Å². The Kier molecular flexibility index (Phi) is 4.62. The molecule has 1 aromatic heterocycles. The minimum atomic E-state index is -0.905. The molecule has 0 unspecified atom stereocenters. The number of hydrogen-bond donors (Lipinski definition) is 2. The molecule has 0 saturated carbocycles. The van der Waals surface area contributed by atoms with Crippen molar-refractivity contribution in [3.05, 3.63) is 28.0 Å². The molecule has 0 radical (unpaired) electrons. The second-order valence-corrected chi connectivity index (χ2v) is 5.28. The fraction of sp³-hybridized carbons (Fsp3) is 0.500. The Morgan fingerprint density at radius 2 is 2.16 bits per heavy atom. The lowest BCUT2D eigenvalue weighted by Crippen LogP contribution is -2.46. The van der Waals surface area contributed by atoms with E-state index in [0.29, 0.717) is 31.6 Å². The molecule has 2 rings (SSSR count). The summed E-state index contributed by atoms with van der Waals surface area (Å²) in [5.41, 5.74) is -0.595. The van der Waals surface area contributed by atoms with E-state index in [9.17, 15) is 9.90 Å². The SMILES string of the molecule is O=C(NCC1(O)CCOCC1)c1cnc(Cl)c(Cl)c1. The number of pyridine rings is 1. The maximum Gasteiger partial charge on any atom is 0.253 e. The lowest BCUT2D eigenvalue weighted by molar-refractivity contribution is -0.0605. The van der Waals surface area contributed by atoms with Crippen molar-refractivity contribution >= 4 is 29.1 Å². The minimum Gasteiger partial charge on any atom is -0.388 e. The van der Waals surface area contributed by atoms with Crippen LogP contribution in [0.3, 0.4) is 0 Å². The van der Waals surface area contributed by atoms with Crippen molar-refractivity contribution in [1.29, 1.82) is 0 Å². The summed E-state index contributed by atoms with van der Waals surface area (Å²) >= 11 is 11.5. The van der Waals surface area contributed by atoms with E-state index in [1.807, 2.05) is 0 Å². The fourth-order valence-electron chi connectivity index (χ4n) is 1.82. The van der Waals surface area contributed by atoms with Gasteiger partial charge in [0.25, 0.3) is 5.91 Å². The van der Waals surface area contributed by atoms with Crippen LogP contribution in [0.4, 0.5) is 0 Å². The molecule has 1 fully saturated rings. The highest BCUT2D eigenvalue weighted by molar-refractivity contribution is 6.41. The number of nitrogens with zero attached hydrogens (tertiary/aromatic N) is 1. The lowest BCUT2D eigenvalue weighted by Gasteiger charge is -2.32. The number of aliphatic hydroxyl groups is 1. The number of halogens is 2. The molecule has 0 aromatic carbocycles. The summed E-state index contributed by atoms with van der Waals surface area (Å²) in [5, 5.41) is 13.3. The average molecular weight is 305 g/mol. The van der Waals surface area contributed by atoms with Crippen LogP contribution in [0.1, 0.15) is 23.2 Å². The summed E-state index contributed by atoms with van der Waals surface area (Å²) in [6.45, 7) is 1.18. The van der Waals surface area contributed by atoms with E-state index in [2.05, 4.69) is 10.3 Å². The molecule has 0 spiro atoms. The Morgan fingerprint density at radius 3 is 2.79 bits per heavy atom. The number of aromatic nitrogens is 1. The average Bonchev–Trinajstić information content (AvgIpc) is 2.40. The molecule has 7 heteroatoms. The molecule has 104 valence electrons. The highest BCUT2D eigenvalue weighted by atomic mass is 35.5. The Morgan fingerprint density at radius 1 is 1.47 bits per heavy atom. The van der Waals surface area contributed by atoms with Gasteiger partial charge in [0.1, 0.15) is 5.15 Å². The molecule has 2 heterocycles. The van der Waals surface area contributed by atoms with Gasteiger partial charge in [-0.3, -0.25) is 4.79 Å². The van der Waals surface area contributed by atoms with Gasteiger partial charge < -0.3 is 15.2 Å². The van der Waals surface area contributed by atoms with Gasteiger partial charge in [-0.25, -0.2) is 4.98 Å². The first-order valence-electron chi connectivity index (χ1n) is 5.90. The van der Waals surface area contributed by atoms with E-state index in [4.69, 9.17) is 27.9 Å². The Bertz CT molecular complexity index is 476. The molecule has 0 bridgehead atoms. The van der Waals surface area contributed by atoms with Crippen molar-refractivity contribution in [2.45, 2.75) is 18.4 Å². The zero-order valence-electron chi connectivity index (χ0n) is 10.2. The summed E-state index contributed by atoms with van der Waals surface area (Å²) in [6, 6.07) is 1.44. The van der Waals surface area contributed by atoms with Gasteiger partial charge in [0.2, 0.25) is 0 Å². The third-order valence-corrected chi connectivity index (χ3v) is 3.75. The zero-order chi connectivity index (χ0) is 13.9. The van der Waals surface area contributed by atoms with E-state index in [0.717, 1.165) is 0 Å². The molecule has 1 saturated heterocycles. The third-order valence-electron chi connectivity index (χ3n) is 3.06. The van der Waals surface area contributed by atoms with Gasteiger partial charge >= 0.3 is 0 Å². The number of rotatable bonds is 3. The van der Waals surface area contributed by atoms with Crippen molar-refractivity contribution < 1.29 is 14.6 Å². The van der Waals surface area contributed by atoms with Crippen molar-refractivity contribution in [1.82, 2.24) is 10.3 Å². The Balaban J connectivity index is 1.95. The molecule has 5 nitrogen and oxygen atoms in total. The van der Waals surface area contributed by atoms with Crippen LogP contribution in [-0.2, 0) is 4.74 Å². The highest BCUT2D eigenvalue weighted by Gasteiger charge is 2.30. The van der Waals surface area contributed by atoms with Gasteiger partial charge in [0, 0.05) is 38.8 Å². The van der Waals surface area contributed by atoms with Gasteiger partial charge in [-0.15, -0.1) is 0 Å². The topological polar surface area (TPSA) is 71.5 Å². The summed E-state index contributed by atoms with van der Waals surface area (Å²) < 4.78 is 5.17. The summed E-state index contributed by atoms with van der Waals surface area (Å²) in [6.07, 6.45) is 2.36. The number of hydrogen-bond acceptors (Lipinski definition) is 4. The molecule has 2 N–H and O–H groups in total. The first kappa shape index (κ1) is 14.5. The van der Waals surface area contributed by atoms with Gasteiger partial charge in [-0.1, -0.05) is 23.2 Å². The van der Waals surface area contributed by atoms with Crippen LogP contribution in [-0.4, -0.2) is 41.4 Å². The summed E-state index contributed by atoms with van der Waals surface area (Å²) in [5.74, 6) is -0.342. The fourth-order valence-corrected chi connectivity index (χ4v) is 2.09. The van der Waals surface area contributed by atoms with Crippen molar-refractivity contribution in [3.63, 3.8) is 0 Å². The molecule has 1 aliphatic rings. The Hall–Kier alpha value is -0.880. The molecular weight excluding hydrogens is 291 g/mol. The van der Waals surface area contributed by atoms with Crippen LogP contribution in [0.5, 0.6) is 0 Å². The van der Waals surface area contributed by atoms with Crippen LogP contribution in [0, 0.1) is 0 Å². The maximum absolute atomic E-state index is 11.9. The van der Waals surface area contributed by atoms with Crippen LogP contribution in [0.2, 0.25) is 10.2 Å². The second-order valence-electron chi connectivity index (χ2n) is 4.52. The first-order valence-corrected chi connectivity index (χ1v) is 6.65. The normalized spacial score (nSPS) is 18.1. The standard InChI is InChI=1S/C12H14Cl2N2O3/c13-9-5-8(6-15-10(9)14)11(17)16-7-12(18)1-3-19-4-2-12/h5-6,18H,1-4,7H2,(H,16,17). The molecule has 0 atom stereocenters. The predicted molar refractivity (Wildman–Crippen MR) is 71.6 cm³/mol. The van der Waals surface area contributed by atoms with Gasteiger partial charge in [-0.2, -0.15) is 0 Å². The predicted octanol–water partition coefficient (Wildman–Crippen LogP) is 1.66. The van der Waals surface area contributed by atoms with E-state index in [1.54, 1.807) is 0 Å². The molecule has 19 heavy (non-hydrogen) atoms. The number of carbonyl (C=O) groups is 1. The highest BCUT2D eigenvalue weighted by Crippen LogP contribution is 2.21. The number of nitrogens with one attached hydrogen (secondary N) is 1. The summed E-state index contributed by atoms with van der Waals surface area (Å²) in [7, 11) is 0. The Labute approximate surface area is 120 Å². The van der Waals surface area contributed by atoms with Crippen LogP contribution >= 0.6 is 23.2 Å². The number of ether oxygens (including phenoxy) is 1. The maximum atomic E-state index is 11.9. The first-order chi connectivity index (χ1) is 9.00. The van der Waals surface area contributed by atoms with Gasteiger partial charge in [0.05, 0.1) is 16.2 Å². The quantitative estimate of drug-likeness (QED) is 0.833. The smallest absolute Gasteiger partial charge is 0.253 e. The summed E-state index contributed by atoms with van der Waals surface area (Å²) in [4.78, 5) is 15.7. The van der Waals surface area contributed by atoms with Crippen LogP contribution in [0.15, 0.2) is 12.3 Å². The van der Waals surface area contributed by atoms with Gasteiger partial charge in [0.15, 0.2) is 0 Å². The number of amides is 1. The van der Waals surface area contributed by atoms with E-state index in [1.165, 1.54) is 12.3 Å². The molecule has 1 aliphatic heterocycles. The molecule has 1 amide bonds. The molecule has 1 aromatic rings. The van der Waals surface area contributed by atoms with Crippen molar-refractivity contribution in [2.24, 2.45) is 0 Å². The zero-order valence-corrected chi connectivity index (χ0v) is 11.7. The van der Waals surface area contributed by atoms with Crippen LogP contribution in [0.25, 0.3) is 0 Å². The van der Waals surface area contributed by atoms with E-state index >= 15 is 0 Å². The van der Waals surface area contributed by atoms with Crippen LogP contribution < -0.4 is 5.32 Å². The largest absolute Gasteiger partial charge is 0.388 e. The molecular formula is C12H14Cl2N2O3. The second kappa shape index (κ2) is 6.05. The van der Waals surface area contributed by atoms with Gasteiger partial charge in [-0.05, 0) is 6.07 Å². The molecule has 0 aliphatic carbocycles. The lowest BCUT2D eigenvalue weighted by atomic mass is 9.94.